The first-order valence-corrected chi connectivity index (χ1v) is 7.74. The van der Waals surface area contributed by atoms with Gasteiger partial charge in [-0.3, -0.25) is 9.59 Å². The molecule has 1 aromatic heterocycles. The van der Waals surface area contributed by atoms with Crippen molar-refractivity contribution in [2.24, 2.45) is 0 Å². The lowest BCUT2D eigenvalue weighted by Gasteiger charge is -2.11. The van der Waals surface area contributed by atoms with Crippen molar-refractivity contribution in [2.45, 2.75) is 25.4 Å². The summed E-state index contributed by atoms with van der Waals surface area (Å²) in [5.41, 5.74) is 0.904. The van der Waals surface area contributed by atoms with Crippen molar-refractivity contribution in [3.05, 3.63) is 68.1 Å². The number of pyridine rings is 1. The van der Waals surface area contributed by atoms with Gasteiger partial charge in [-0.15, -0.1) is 0 Å². The molecule has 0 atom stereocenters. The summed E-state index contributed by atoms with van der Waals surface area (Å²) in [6.07, 6.45) is 3.57. The van der Waals surface area contributed by atoms with E-state index < -0.39 is 0 Å². The van der Waals surface area contributed by atoms with Crippen molar-refractivity contribution in [3.63, 3.8) is 0 Å². The smallest absolute Gasteiger partial charge is 0.252 e. The first kappa shape index (κ1) is 15.1. The fourth-order valence-electron chi connectivity index (χ4n) is 2.14. The van der Waals surface area contributed by atoms with Crippen LogP contribution in [0.15, 0.2) is 41.3 Å². The topological polar surface area (TPSA) is 51.1 Å². The number of amides is 1. The lowest BCUT2D eigenvalue weighted by Crippen LogP contribution is -2.28. The zero-order chi connectivity index (χ0) is 15.7. The summed E-state index contributed by atoms with van der Waals surface area (Å²) in [4.78, 5) is 24.1. The lowest BCUT2D eigenvalue weighted by molar-refractivity contribution is 0.0950. The van der Waals surface area contributed by atoms with E-state index in [0.29, 0.717) is 21.2 Å². The van der Waals surface area contributed by atoms with Gasteiger partial charge in [0.15, 0.2) is 0 Å². The summed E-state index contributed by atoms with van der Waals surface area (Å²) in [7, 11) is 0. The number of rotatable bonds is 4. The van der Waals surface area contributed by atoms with E-state index in [0.717, 1.165) is 12.8 Å². The Bertz CT molecular complexity index is 762. The number of nitrogens with one attached hydrogen (secondary N) is 1. The number of carbonyl (C=O) groups is 1. The SMILES string of the molecule is O=C(NC1CC1)c1ccc(=O)n(Cc2c(Cl)cccc2Cl)c1. The molecule has 0 aliphatic heterocycles. The first-order chi connectivity index (χ1) is 10.5. The molecule has 1 N–H and O–H groups in total. The highest BCUT2D eigenvalue weighted by Crippen LogP contribution is 2.25. The van der Waals surface area contributed by atoms with E-state index in [1.807, 2.05) is 0 Å². The summed E-state index contributed by atoms with van der Waals surface area (Å²) in [5.74, 6) is -0.165. The second kappa shape index (κ2) is 6.15. The van der Waals surface area contributed by atoms with E-state index in [4.69, 9.17) is 23.2 Å². The van der Waals surface area contributed by atoms with E-state index in [2.05, 4.69) is 5.32 Å². The third-order valence-electron chi connectivity index (χ3n) is 3.55. The molecule has 0 unspecified atom stereocenters. The van der Waals surface area contributed by atoms with Crippen LogP contribution in [0.25, 0.3) is 0 Å². The summed E-state index contributed by atoms with van der Waals surface area (Å²) in [6, 6.07) is 8.37. The summed E-state index contributed by atoms with van der Waals surface area (Å²) >= 11 is 12.3. The molecule has 3 rings (SSSR count). The van der Waals surface area contributed by atoms with Crippen molar-refractivity contribution in [3.8, 4) is 0 Å². The minimum absolute atomic E-state index is 0.165. The average Bonchev–Trinajstić information content (AvgIpc) is 3.28. The average molecular weight is 337 g/mol. The molecule has 0 bridgehead atoms. The van der Waals surface area contributed by atoms with Crippen LogP contribution in [0.3, 0.4) is 0 Å². The fraction of sp³-hybridized carbons (Fsp3) is 0.250. The molecular formula is C16H14Cl2N2O2. The quantitative estimate of drug-likeness (QED) is 0.932. The Hall–Kier alpha value is -1.78. The highest BCUT2D eigenvalue weighted by Gasteiger charge is 2.24. The number of halogens is 2. The van der Waals surface area contributed by atoms with Gasteiger partial charge in [-0.25, -0.2) is 0 Å². The molecule has 0 radical (unpaired) electrons. The summed E-state index contributed by atoms with van der Waals surface area (Å²) in [5, 5.41) is 3.88. The third-order valence-corrected chi connectivity index (χ3v) is 4.26. The van der Waals surface area contributed by atoms with Crippen molar-refractivity contribution < 1.29 is 4.79 Å². The van der Waals surface area contributed by atoms with Crippen molar-refractivity contribution in [1.29, 1.82) is 0 Å². The van der Waals surface area contributed by atoms with Crippen molar-refractivity contribution >= 4 is 29.1 Å². The van der Waals surface area contributed by atoms with Crippen LogP contribution in [0.1, 0.15) is 28.8 Å². The van der Waals surface area contributed by atoms with E-state index >= 15 is 0 Å². The highest BCUT2D eigenvalue weighted by atomic mass is 35.5. The largest absolute Gasteiger partial charge is 0.349 e. The van der Waals surface area contributed by atoms with Crippen LogP contribution in [-0.2, 0) is 6.54 Å². The predicted molar refractivity (Wildman–Crippen MR) is 86.8 cm³/mol. The maximum atomic E-state index is 12.1. The molecule has 0 spiro atoms. The Morgan fingerprint density at radius 2 is 1.86 bits per heavy atom. The van der Waals surface area contributed by atoms with Crippen LogP contribution in [0.2, 0.25) is 10.0 Å². The maximum absolute atomic E-state index is 12.1. The van der Waals surface area contributed by atoms with Crippen LogP contribution in [-0.4, -0.2) is 16.5 Å². The Labute approximate surface area is 137 Å². The Kier molecular flexibility index (Phi) is 4.23. The second-order valence-electron chi connectivity index (χ2n) is 5.33. The molecule has 1 aliphatic carbocycles. The van der Waals surface area contributed by atoms with Gasteiger partial charge in [0.05, 0.1) is 12.1 Å². The molecule has 1 heterocycles. The van der Waals surface area contributed by atoms with Gasteiger partial charge in [0.25, 0.3) is 11.5 Å². The van der Waals surface area contributed by atoms with Gasteiger partial charge < -0.3 is 9.88 Å². The van der Waals surface area contributed by atoms with E-state index in [1.165, 1.54) is 16.7 Å². The molecule has 114 valence electrons. The van der Waals surface area contributed by atoms with Crippen molar-refractivity contribution in [1.82, 2.24) is 9.88 Å². The second-order valence-corrected chi connectivity index (χ2v) is 6.15. The van der Waals surface area contributed by atoms with Gasteiger partial charge in [-0.2, -0.15) is 0 Å². The Morgan fingerprint density at radius 1 is 1.18 bits per heavy atom. The summed E-state index contributed by atoms with van der Waals surface area (Å²) in [6.45, 7) is 0.224. The van der Waals surface area contributed by atoms with Crippen LogP contribution >= 0.6 is 23.2 Å². The van der Waals surface area contributed by atoms with Crippen molar-refractivity contribution in [2.75, 3.05) is 0 Å². The number of hydrogen-bond acceptors (Lipinski definition) is 2. The van der Waals surface area contributed by atoms with Crippen LogP contribution in [0.4, 0.5) is 0 Å². The lowest BCUT2D eigenvalue weighted by atomic mass is 10.2. The van der Waals surface area contributed by atoms with Gasteiger partial charge in [0.2, 0.25) is 0 Å². The van der Waals surface area contributed by atoms with E-state index in [-0.39, 0.29) is 24.1 Å². The van der Waals surface area contributed by atoms with Gasteiger partial charge in [-0.05, 0) is 31.0 Å². The molecule has 2 aromatic rings. The molecule has 1 amide bonds. The minimum atomic E-state index is -0.209. The molecule has 4 nitrogen and oxygen atoms in total. The third kappa shape index (κ3) is 3.34. The molecule has 6 heteroatoms. The van der Waals surface area contributed by atoms with Crippen LogP contribution < -0.4 is 10.9 Å². The zero-order valence-corrected chi connectivity index (χ0v) is 13.2. The number of benzene rings is 1. The zero-order valence-electron chi connectivity index (χ0n) is 11.7. The number of aromatic nitrogens is 1. The Balaban J connectivity index is 1.89. The molecule has 1 fully saturated rings. The normalized spacial score (nSPS) is 13.9. The fourth-order valence-corrected chi connectivity index (χ4v) is 2.66. The standard InChI is InChI=1S/C16H14Cl2N2O2/c17-13-2-1-3-14(18)12(13)9-20-8-10(4-7-15(20)21)16(22)19-11-5-6-11/h1-4,7-8,11H,5-6,9H2,(H,19,22). The molecule has 1 saturated carbocycles. The van der Waals surface area contributed by atoms with Gasteiger partial charge >= 0.3 is 0 Å². The molecule has 1 aliphatic rings. The monoisotopic (exact) mass is 336 g/mol. The van der Waals surface area contributed by atoms with E-state index in [9.17, 15) is 9.59 Å². The molecule has 1 aromatic carbocycles. The number of nitrogens with zero attached hydrogens (tertiary/aromatic N) is 1. The maximum Gasteiger partial charge on any atom is 0.252 e. The van der Waals surface area contributed by atoms with Crippen LogP contribution in [0.5, 0.6) is 0 Å². The molecule has 0 saturated heterocycles. The summed E-state index contributed by atoms with van der Waals surface area (Å²) < 4.78 is 1.44. The Morgan fingerprint density at radius 3 is 2.50 bits per heavy atom. The highest BCUT2D eigenvalue weighted by molar-refractivity contribution is 6.35. The van der Waals surface area contributed by atoms with Crippen LogP contribution in [0, 0.1) is 0 Å². The van der Waals surface area contributed by atoms with E-state index in [1.54, 1.807) is 24.4 Å². The molecular weight excluding hydrogens is 323 g/mol. The number of hydrogen-bond donors (Lipinski definition) is 1. The van der Waals surface area contributed by atoms with Gasteiger partial charge in [0, 0.05) is 33.9 Å². The first-order valence-electron chi connectivity index (χ1n) is 6.99. The van der Waals surface area contributed by atoms with Gasteiger partial charge in [0.1, 0.15) is 0 Å². The predicted octanol–water partition coefficient (Wildman–Crippen LogP) is 3.10. The minimum Gasteiger partial charge on any atom is -0.349 e. The van der Waals surface area contributed by atoms with Gasteiger partial charge in [-0.1, -0.05) is 29.3 Å². The molecule has 22 heavy (non-hydrogen) atoms. The number of carbonyl (C=O) groups excluding carboxylic acids is 1.